The molecule has 67 heavy (non-hydrogen) atoms. The molecule has 0 aliphatic carbocycles. The van der Waals surface area contributed by atoms with Crippen LogP contribution in [0.15, 0.2) is 73.1 Å². The minimum atomic E-state index is -0.569. The van der Waals surface area contributed by atoms with E-state index >= 15 is 4.39 Å². The smallest absolute Gasteiger partial charge is 0.328 e. The summed E-state index contributed by atoms with van der Waals surface area (Å²) in [6.45, 7) is 6.02. The number of nitrogens with zero attached hydrogens (tertiary/aromatic N) is 8. The topological polar surface area (TPSA) is 160 Å². The molecule has 6 heterocycles. The van der Waals surface area contributed by atoms with Crippen LogP contribution in [0.25, 0.3) is 27.6 Å². The molecule has 0 atom stereocenters. The van der Waals surface area contributed by atoms with Crippen molar-refractivity contribution in [1.82, 2.24) is 39.7 Å². The maximum Gasteiger partial charge on any atom is 0.328 e. The molecule has 0 unspecified atom stereocenters. The number of H-pyrrole nitrogens is 1. The third-order valence-corrected chi connectivity index (χ3v) is 13.7. The lowest BCUT2D eigenvalue weighted by molar-refractivity contribution is -0.131. The van der Waals surface area contributed by atoms with Crippen molar-refractivity contribution < 1.29 is 33.1 Å². The van der Waals surface area contributed by atoms with Crippen molar-refractivity contribution in [2.45, 2.75) is 44.7 Å². The summed E-state index contributed by atoms with van der Waals surface area (Å²) >= 11 is 6.62. The van der Waals surface area contributed by atoms with E-state index in [9.17, 15) is 24.0 Å². The first kappa shape index (κ1) is 45.4. The number of imide groups is 1. The van der Waals surface area contributed by atoms with Gasteiger partial charge >= 0.3 is 6.03 Å². The van der Waals surface area contributed by atoms with Crippen LogP contribution >= 0.6 is 11.6 Å². The van der Waals surface area contributed by atoms with Crippen LogP contribution in [0.2, 0.25) is 5.02 Å². The summed E-state index contributed by atoms with van der Waals surface area (Å²) in [7, 11) is 4.80. The molecule has 3 fully saturated rings. The summed E-state index contributed by atoms with van der Waals surface area (Å²) in [6.07, 6.45) is 8.19. The first-order chi connectivity index (χ1) is 32.4. The largest absolute Gasteiger partial charge is 0.496 e. The molecular formula is C49H54ClFN10O6. The Bertz CT molecular complexity index is 2740. The number of benzene rings is 3. The van der Waals surface area contributed by atoms with Gasteiger partial charge in [-0.05, 0) is 72.4 Å². The zero-order valence-corrected chi connectivity index (χ0v) is 38.7. The number of hydrogen-bond acceptors (Lipinski definition) is 9. The van der Waals surface area contributed by atoms with Gasteiger partial charge in [0.2, 0.25) is 11.8 Å². The minimum absolute atomic E-state index is 0.0178. The van der Waals surface area contributed by atoms with Gasteiger partial charge in [0.25, 0.3) is 11.8 Å². The van der Waals surface area contributed by atoms with Crippen LogP contribution in [0.3, 0.4) is 0 Å². The summed E-state index contributed by atoms with van der Waals surface area (Å²) in [5.41, 5.74) is 5.10. The van der Waals surface area contributed by atoms with Crippen molar-refractivity contribution >= 4 is 69.1 Å². The van der Waals surface area contributed by atoms with E-state index in [4.69, 9.17) is 16.3 Å². The number of urea groups is 1. The number of nitrogens with one attached hydrogen (secondary N) is 2. The molecule has 2 N–H and O–H groups in total. The quantitative estimate of drug-likeness (QED) is 0.159. The SMILES string of the molecule is COc1cc(N2CCC(=O)NC2=O)c(Cl)cc1C(=O)N1CCC(N2CCN(c3ccc(-c4cc(C5=CCCN(C(=O)CCn6cccn6)C5)c(F)c5[nH]c(C(=O)N(C)C)cc45)cc3)CC2)CC1. The molecule has 3 aromatic carbocycles. The number of rotatable bonds is 11. The molecule has 0 spiro atoms. The lowest BCUT2D eigenvalue weighted by Gasteiger charge is -2.43. The molecular weight excluding hydrogens is 879 g/mol. The van der Waals surface area contributed by atoms with Crippen LogP contribution in [0.1, 0.15) is 58.5 Å². The van der Waals surface area contributed by atoms with Crippen molar-refractivity contribution in [2.24, 2.45) is 0 Å². The predicted octanol–water partition coefficient (Wildman–Crippen LogP) is 6.11. The summed E-state index contributed by atoms with van der Waals surface area (Å²) in [5.74, 6) is -0.963. The Kier molecular flexibility index (Phi) is 13.1. The highest BCUT2D eigenvalue weighted by Gasteiger charge is 2.33. The number of carbonyl (C=O) groups is 5. The van der Waals surface area contributed by atoms with Crippen LogP contribution < -0.4 is 19.9 Å². The number of likely N-dealkylation sites (tertiary alicyclic amines) is 1. The van der Waals surface area contributed by atoms with E-state index in [1.165, 1.54) is 16.9 Å². The van der Waals surface area contributed by atoms with Crippen LogP contribution in [0.4, 0.5) is 20.6 Å². The number of carbonyl (C=O) groups excluding carboxylic acids is 5. The van der Waals surface area contributed by atoms with Gasteiger partial charge in [-0.3, -0.25) is 39.0 Å². The van der Waals surface area contributed by atoms with Crippen molar-refractivity contribution in [3.63, 3.8) is 0 Å². The molecule has 16 nitrogen and oxygen atoms in total. The second kappa shape index (κ2) is 19.2. The van der Waals surface area contributed by atoms with E-state index in [1.54, 1.807) is 48.1 Å². The molecule has 6 amide bonds. The van der Waals surface area contributed by atoms with E-state index in [2.05, 4.69) is 37.3 Å². The van der Waals surface area contributed by atoms with Gasteiger partial charge in [0.1, 0.15) is 11.4 Å². The number of aromatic amines is 1. The molecule has 350 valence electrons. The Morgan fingerprint density at radius 2 is 1.69 bits per heavy atom. The summed E-state index contributed by atoms with van der Waals surface area (Å²) in [5, 5.41) is 7.33. The standard InChI is InChI=1S/C49H54ClFN10O6/c1-55(2)48(65)40-28-37-35(26-36(45(51)46(37)53-40)32-6-4-16-59(30-32)44(63)14-20-60-17-5-15-52-60)31-7-9-33(10-8-31)56-22-24-57(25-23-56)34-11-18-58(19-12-34)47(64)38-27-39(50)41(29-42(38)67-3)61-21-13-43(62)54-49(61)66/h5-10,15,17,26-29,34,53H,4,11-14,16,18-25,30H2,1-3H3,(H,54,62,66). The number of anilines is 2. The molecule has 5 aromatic rings. The molecule has 2 aromatic heterocycles. The van der Waals surface area contributed by atoms with Gasteiger partial charge in [-0.1, -0.05) is 29.8 Å². The summed E-state index contributed by atoms with van der Waals surface area (Å²) in [6, 6.07) is 16.6. The number of hydrogen-bond donors (Lipinski definition) is 2. The lowest BCUT2D eigenvalue weighted by Crippen LogP contribution is -2.53. The first-order valence-corrected chi connectivity index (χ1v) is 23.1. The highest BCUT2D eigenvalue weighted by atomic mass is 35.5. The van der Waals surface area contributed by atoms with Gasteiger partial charge in [-0.15, -0.1) is 0 Å². The second-order valence-corrected chi connectivity index (χ2v) is 18.1. The fraction of sp³-hybridized carbons (Fsp3) is 0.388. The van der Waals surface area contributed by atoms with Gasteiger partial charge < -0.3 is 29.3 Å². The van der Waals surface area contributed by atoms with Gasteiger partial charge in [-0.2, -0.15) is 5.10 Å². The lowest BCUT2D eigenvalue weighted by atomic mass is 9.93. The maximum absolute atomic E-state index is 16.6. The number of aryl methyl sites for hydroxylation is 1. The van der Waals surface area contributed by atoms with Crippen LogP contribution in [-0.2, 0) is 16.1 Å². The van der Waals surface area contributed by atoms with Crippen LogP contribution in [0.5, 0.6) is 5.75 Å². The van der Waals surface area contributed by atoms with E-state index in [-0.39, 0.29) is 60.1 Å². The molecule has 18 heteroatoms. The Balaban J connectivity index is 0.850. The van der Waals surface area contributed by atoms with Crippen molar-refractivity contribution in [2.75, 3.05) is 89.9 Å². The predicted molar refractivity (Wildman–Crippen MR) is 254 cm³/mol. The Hall–Kier alpha value is -6.72. The van der Waals surface area contributed by atoms with E-state index in [1.807, 2.05) is 41.4 Å². The number of ether oxygens (including phenoxy) is 1. The van der Waals surface area contributed by atoms with Gasteiger partial charge in [-0.25, -0.2) is 9.18 Å². The molecule has 3 saturated heterocycles. The third kappa shape index (κ3) is 9.34. The number of piperidine rings is 1. The van der Waals surface area contributed by atoms with Crippen LogP contribution in [0, 0.1) is 5.82 Å². The van der Waals surface area contributed by atoms with Gasteiger partial charge in [0.05, 0.1) is 28.9 Å². The molecule has 0 saturated carbocycles. The number of fused-ring (bicyclic) bond motifs is 1. The fourth-order valence-electron chi connectivity index (χ4n) is 9.72. The fourth-order valence-corrected chi connectivity index (χ4v) is 9.99. The average Bonchev–Trinajstić information content (AvgIpc) is 4.05. The van der Waals surface area contributed by atoms with Gasteiger partial charge in [0.15, 0.2) is 5.82 Å². The summed E-state index contributed by atoms with van der Waals surface area (Å²) < 4.78 is 24.0. The molecule has 9 rings (SSSR count). The number of piperazine rings is 1. The van der Waals surface area contributed by atoms with Crippen molar-refractivity contribution in [3.8, 4) is 16.9 Å². The number of halogens is 2. The van der Waals surface area contributed by atoms with Gasteiger partial charge in [0, 0.05) is 134 Å². The number of aromatic nitrogens is 3. The van der Waals surface area contributed by atoms with Crippen molar-refractivity contribution in [1.29, 1.82) is 0 Å². The molecule has 4 aliphatic rings. The monoisotopic (exact) mass is 932 g/mol. The average molecular weight is 933 g/mol. The maximum atomic E-state index is 16.6. The first-order valence-electron chi connectivity index (χ1n) is 22.8. The second-order valence-electron chi connectivity index (χ2n) is 17.7. The molecule has 4 aliphatic heterocycles. The number of methoxy groups -OCH3 is 1. The van der Waals surface area contributed by atoms with E-state index in [0.29, 0.717) is 72.3 Å². The highest BCUT2D eigenvalue weighted by Crippen LogP contribution is 2.39. The van der Waals surface area contributed by atoms with Crippen molar-refractivity contribution in [3.05, 3.63) is 101 Å². The Morgan fingerprint density at radius 3 is 2.37 bits per heavy atom. The van der Waals surface area contributed by atoms with Crippen LogP contribution in [-0.4, -0.2) is 150 Å². The molecule has 0 radical (unpaired) electrons. The van der Waals surface area contributed by atoms with E-state index in [0.717, 1.165) is 61.4 Å². The zero-order valence-electron chi connectivity index (χ0n) is 37.9. The normalized spacial score (nSPS) is 17.5. The van der Waals surface area contributed by atoms with E-state index < -0.39 is 11.8 Å². The molecule has 0 bridgehead atoms. The Morgan fingerprint density at radius 1 is 0.925 bits per heavy atom. The Labute approximate surface area is 392 Å². The minimum Gasteiger partial charge on any atom is -0.496 e. The third-order valence-electron chi connectivity index (χ3n) is 13.4. The zero-order chi connectivity index (χ0) is 46.9. The highest BCUT2D eigenvalue weighted by molar-refractivity contribution is 6.34. The number of amides is 6. The summed E-state index contributed by atoms with van der Waals surface area (Å²) in [4.78, 5) is 78.8.